The van der Waals surface area contributed by atoms with Gasteiger partial charge in [0.1, 0.15) is 5.75 Å². The summed E-state index contributed by atoms with van der Waals surface area (Å²) >= 11 is 0. The molecular weight excluding hydrogens is 278 g/mol. The lowest BCUT2D eigenvalue weighted by Crippen LogP contribution is -2.15. The van der Waals surface area contributed by atoms with Crippen LogP contribution < -0.4 is 10.5 Å². The third kappa shape index (κ3) is 2.17. The van der Waals surface area contributed by atoms with Gasteiger partial charge in [-0.2, -0.15) is 0 Å². The fourth-order valence-corrected chi connectivity index (χ4v) is 2.33. The van der Waals surface area contributed by atoms with Gasteiger partial charge in [-0.1, -0.05) is 18.1 Å². The number of ether oxygens (including phenoxy) is 1. The molecule has 2 N–H and O–H groups in total. The standard InChI is InChI=1S/C17H13N3O2/c1-3-11-5-4-6-12(9-11)15-14-10-13(22-2)7-8-20(14)17(19-15)16(18)21/h1,4-10H,2H3,(H2,18,21). The lowest BCUT2D eigenvalue weighted by molar-refractivity contribution is 0.0990. The summed E-state index contributed by atoms with van der Waals surface area (Å²) in [6.07, 6.45) is 7.14. The lowest BCUT2D eigenvalue weighted by atomic mass is 10.1. The molecular formula is C17H13N3O2. The van der Waals surface area contributed by atoms with Crippen LogP contribution in [0.2, 0.25) is 0 Å². The maximum atomic E-state index is 11.6. The highest BCUT2D eigenvalue weighted by atomic mass is 16.5. The second-order valence-electron chi connectivity index (χ2n) is 4.70. The first-order chi connectivity index (χ1) is 10.6. The number of imidazole rings is 1. The Morgan fingerprint density at radius 1 is 1.36 bits per heavy atom. The molecule has 3 rings (SSSR count). The Morgan fingerprint density at radius 2 is 2.18 bits per heavy atom. The van der Waals surface area contributed by atoms with Gasteiger partial charge in [0, 0.05) is 23.4 Å². The SMILES string of the molecule is C#Cc1cccc(-c2nc(C(N)=O)n3ccc(OC)cc23)c1. The number of hydrogen-bond donors (Lipinski definition) is 1. The molecule has 0 aliphatic carbocycles. The molecule has 0 unspecified atom stereocenters. The number of methoxy groups -OCH3 is 1. The Labute approximate surface area is 127 Å². The van der Waals surface area contributed by atoms with Crippen LogP contribution in [0.3, 0.4) is 0 Å². The first kappa shape index (κ1) is 13.7. The lowest BCUT2D eigenvalue weighted by Gasteiger charge is -2.03. The zero-order valence-electron chi connectivity index (χ0n) is 11.9. The van der Waals surface area contributed by atoms with Crippen molar-refractivity contribution < 1.29 is 9.53 Å². The van der Waals surface area contributed by atoms with E-state index in [1.54, 1.807) is 29.8 Å². The van der Waals surface area contributed by atoms with Crippen LogP contribution in [-0.2, 0) is 0 Å². The molecule has 0 radical (unpaired) electrons. The fourth-order valence-electron chi connectivity index (χ4n) is 2.33. The van der Waals surface area contributed by atoms with Crippen LogP contribution in [0, 0.1) is 12.3 Å². The van der Waals surface area contributed by atoms with Crippen LogP contribution in [0.15, 0.2) is 42.6 Å². The van der Waals surface area contributed by atoms with Crippen molar-refractivity contribution in [2.24, 2.45) is 5.73 Å². The fraction of sp³-hybridized carbons (Fsp3) is 0.0588. The van der Waals surface area contributed by atoms with Crippen molar-refractivity contribution in [3.05, 3.63) is 54.0 Å². The summed E-state index contributed by atoms with van der Waals surface area (Å²) in [5.74, 6) is 2.82. The highest BCUT2D eigenvalue weighted by Gasteiger charge is 2.17. The number of nitrogens with two attached hydrogens (primary N) is 1. The van der Waals surface area contributed by atoms with Crippen molar-refractivity contribution in [2.75, 3.05) is 7.11 Å². The van der Waals surface area contributed by atoms with Gasteiger partial charge < -0.3 is 10.5 Å². The smallest absolute Gasteiger partial charge is 0.285 e. The number of hydrogen-bond acceptors (Lipinski definition) is 3. The van der Waals surface area contributed by atoms with E-state index < -0.39 is 5.91 Å². The van der Waals surface area contributed by atoms with E-state index in [1.807, 2.05) is 24.3 Å². The third-order valence-corrected chi connectivity index (χ3v) is 3.37. The average Bonchev–Trinajstić information content (AvgIpc) is 2.93. The Morgan fingerprint density at radius 3 is 2.86 bits per heavy atom. The minimum Gasteiger partial charge on any atom is -0.497 e. The molecule has 1 aromatic carbocycles. The average molecular weight is 291 g/mol. The van der Waals surface area contributed by atoms with Gasteiger partial charge in [0.2, 0.25) is 5.82 Å². The van der Waals surface area contributed by atoms with Crippen molar-refractivity contribution >= 4 is 11.4 Å². The molecule has 0 atom stereocenters. The van der Waals surface area contributed by atoms with Crippen LogP contribution in [0.1, 0.15) is 16.2 Å². The van der Waals surface area contributed by atoms with Gasteiger partial charge in [-0.05, 0) is 18.2 Å². The predicted molar refractivity (Wildman–Crippen MR) is 83.6 cm³/mol. The van der Waals surface area contributed by atoms with Crippen LogP contribution in [0.4, 0.5) is 0 Å². The summed E-state index contributed by atoms with van der Waals surface area (Å²) in [6, 6.07) is 10.9. The number of aromatic nitrogens is 2. The van der Waals surface area contributed by atoms with Gasteiger partial charge in [0.05, 0.1) is 18.3 Å². The number of carbonyl (C=O) groups is 1. The molecule has 3 aromatic rings. The molecule has 2 aromatic heterocycles. The molecule has 108 valence electrons. The van der Waals surface area contributed by atoms with E-state index in [1.165, 1.54) is 0 Å². The number of terminal acetylenes is 1. The highest BCUT2D eigenvalue weighted by Crippen LogP contribution is 2.28. The Kier molecular flexibility index (Phi) is 3.28. The quantitative estimate of drug-likeness (QED) is 0.751. The molecule has 0 aliphatic heterocycles. The maximum Gasteiger partial charge on any atom is 0.285 e. The number of benzene rings is 1. The first-order valence-corrected chi connectivity index (χ1v) is 6.57. The maximum absolute atomic E-state index is 11.6. The summed E-state index contributed by atoms with van der Waals surface area (Å²) in [4.78, 5) is 16.0. The molecule has 5 nitrogen and oxygen atoms in total. The van der Waals surface area contributed by atoms with Crippen molar-refractivity contribution in [1.29, 1.82) is 0 Å². The summed E-state index contributed by atoms with van der Waals surface area (Å²) in [5, 5.41) is 0. The number of fused-ring (bicyclic) bond motifs is 1. The zero-order chi connectivity index (χ0) is 15.7. The van der Waals surface area contributed by atoms with E-state index in [4.69, 9.17) is 16.9 Å². The predicted octanol–water partition coefficient (Wildman–Crippen LogP) is 2.09. The molecule has 22 heavy (non-hydrogen) atoms. The normalized spacial score (nSPS) is 10.4. The van der Waals surface area contributed by atoms with Gasteiger partial charge in [0.25, 0.3) is 5.91 Å². The molecule has 1 amide bonds. The molecule has 0 spiro atoms. The Hall–Kier alpha value is -3.26. The van der Waals surface area contributed by atoms with Crippen LogP contribution in [-0.4, -0.2) is 22.4 Å². The second-order valence-corrected chi connectivity index (χ2v) is 4.70. The molecule has 5 heteroatoms. The Balaban J connectivity index is 2.32. The molecule has 0 bridgehead atoms. The van der Waals surface area contributed by atoms with E-state index in [0.717, 1.165) is 16.6 Å². The topological polar surface area (TPSA) is 69.6 Å². The highest BCUT2D eigenvalue weighted by molar-refractivity contribution is 5.93. The summed E-state index contributed by atoms with van der Waals surface area (Å²) < 4.78 is 6.88. The molecule has 0 aliphatic rings. The minimum atomic E-state index is -0.598. The van der Waals surface area contributed by atoms with E-state index in [0.29, 0.717) is 11.4 Å². The Bertz CT molecular complexity index is 919. The number of amides is 1. The zero-order valence-corrected chi connectivity index (χ0v) is 11.9. The molecule has 0 saturated heterocycles. The number of primary amides is 1. The van der Waals surface area contributed by atoms with Gasteiger partial charge in [-0.15, -0.1) is 6.42 Å². The minimum absolute atomic E-state index is 0.166. The van der Waals surface area contributed by atoms with Gasteiger partial charge in [0.15, 0.2) is 0 Å². The van der Waals surface area contributed by atoms with Gasteiger partial charge >= 0.3 is 0 Å². The molecule has 2 heterocycles. The first-order valence-electron chi connectivity index (χ1n) is 6.57. The van der Waals surface area contributed by atoms with E-state index in [9.17, 15) is 4.79 Å². The van der Waals surface area contributed by atoms with Gasteiger partial charge in [-0.25, -0.2) is 4.98 Å². The van der Waals surface area contributed by atoms with Crippen molar-refractivity contribution in [1.82, 2.24) is 9.38 Å². The number of nitrogens with zero attached hydrogens (tertiary/aromatic N) is 2. The van der Waals surface area contributed by atoms with E-state index in [-0.39, 0.29) is 5.82 Å². The number of rotatable bonds is 3. The van der Waals surface area contributed by atoms with Crippen LogP contribution in [0.25, 0.3) is 16.8 Å². The summed E-state index contributed by atoms with van der Waals surface area (Å²) in [7, 11) is 1.58. The van der Waals surface area contributed by atoms with Crippen molar-refractivity contribution in [3.63, 3.8) is 0 Å². The molecule has 0 fully saturated rings. The number of pyridine rings is 1. The second kappa shape index (κ2) is 5.26. The van der Waals surface area contributed by atoms with Crippen molar-refractivity contribution in [2.45, 2.75) is 0 Å². The van der Waals surface area contributed by atoms with E-state index >= 15 is 0 Å². The van der Waals surface area contributed by atoms with Crippen LogP contribution >= 0.6 is 0 Å². The van der Waals surface area contributed by atoms with Gasteiger partial charge in [-0.3, -0.25) is 9.20 Å². The monoisotopic (exact) mass is 291 g/mol. The number of carbonyl (C=O) groups excluding carboxylic acids is 1. The van der Waals surface area contributed by atoms with E-state index in [2.05, 4.69) is 10.9 Å². The van der Waals surface area contributed by atoms with Crippen molar-refractivity contribution in [3.8, 4) is 29.4 Å². The summed E-state index contributed by atoms with van der Waals surface area (Å²) in [6.45, 7) is 0. The molecule has 0 saturated carbocycles. The summed E-state index contributed by atoms with van der Waals surface area (Å²) in [5.41, 5.74) is 8.32. The largest absolute Gasteiger partial charge is 0.497 e. The van der Waals surface area contributed by atoms with Crippen LogP contribution in [0.5, 0.6) is 5.75 Å². The third-order valence-electron chi connectivity index (χ3n) is 3.37.